The predicted molar refractivity (Wildman–Crippen MR) is 89.3 cm³/mol. The third-order valence-electron chi connectivity index (χ3n) is 4.42. The Kier molecular flexibility index (Phi) is 4.62. The molecule has 1 amide bonds. The Morgan fingerprint density at radius 1 is 1.18 bits per heavy atom. The monoisotopic (exact) mass is 297 g/mol. The van der Waals surface area contributed by atoms with E-state index >= 15 is 0 Å². The molecule has 1 N–H and O–H groups in total. The van der Waals surface area contributed by atoms with Crippen molar-refractivity contribution in [2.24, 2.45) is 0 Å². The molecular formula is C19H23NO2. The zero-order chi connectivity index (χ0) is 15.4. The maximum Gasteiger partial charge on any atom is 0.228 e. The molecule has 116 valence electrons. The van der Waals surface area contributed by atoms with Gasteiger partial charge >= 0.3 is 0 Å². The number of carbonyl (C=O) groups excluding carboxylic acids is 1. The van der Waals surface area contributed by atoms with Crippen LogP contribution in [0.3, 0.4) is 0 Å². The molecule has 0 heterocycles. The summed E-state index contributed by atoms with van der Waals surface area (Å²) < 4.78 is 5.48. The van der Waals surface area contributed by atoms with E-state index in [0.717, 1.165) is 36.3 Å². The second-order valence-corrected chi connectivity index (χ2v) is 6.06. The minimum absolute atomic E-state index is 0.0295. The first-order valence-electron chi connectivity index (χ1n) is 8.10. The number of aryl methyl sites for hydroxylation is 2. The van der Waals surface area contributed by atoms with Gasteiger partial charge < -0.3 is 10.1 Å². The first-order valence-corrected chi connectivity index (χ1v) is 8.10. The Labute approximate surface area is 132 Å². The van der Waals surface area contributed by atoms with E-state index in [4.69, 9.17) is 4.74 Å². The lowest BCUT2D eigenvalue weighted by Gasteiger charge is -2.15. The zero-order valence-electron chi connectivity index (χ0n) is 13.2. The van der Waals surface area contributed by atoms with Gasteiger partial charge in [0.1, 0.15) is 5.75 Å². The number of methoxy groups -OCH3 is 1. The van der Waals surface area contributed by atoms with E-state index in [1.807, 2.05) is 12.2 Å². The molecule has 0 saturated carbocycles. The largest absolute Gasteiger partial charge is 0.495 e. The normalized spacial score (nSPS) is 16.7. The molecule has 0 fully saturated rings. The molecule has 0 bridgehead atoms. The highest BCUT2D eigenvalue weighted by atomic mass is 16.5. The topological polar surface area (TPSA) is 38.3 Å². The number of nitrogens with one attached hydrogen (secondary N) is 1. The SMILES string of the molecule is COc1cc2c(cc1NC(=O)CC1=CC=CC1)CCCCC2. The molecule has 22 heavy (non-hydrogen) atoms. The lowest BCUT2D eigenvalue weighted by molar-refractivity contribution is -0.115. The summed E-state index contributed by atoms with van der Waals surface area (Å²) in [6, 6.07) is 4.21. The van der Waals surface area contributed by atoms with Crippen LogP contribution < -0.4 is 10.1 Å². The molecule has 2 aliphatic rings. The van der Waals surface area contributed by atoms with E-state index in [2.05, 4.69) is 23.5 Å². The van der Waals surface area contributed by atoms with Crippen molar-refractivity contribution in [3.8, 4) is 5.75 Å². The van der Waals surface area contributed by atoms with Crippen molar-refractivity contribution in [1.82, 2.24) is 0 Å². The number of hydrogen-bond acceptors (Lipinski definition) is 2. The highest BCUT2D eigenvalue weighted by Crippen LogP contribution is 2.32. The summed E-state index contributed by atoms with van der Waals surface area (Å²) in [6.45, 7) is 0. The lowest BCUT2D eigenvalue weighted by Crippen LogP contribution is -2.13. The fraction of sp³-hybridized carbons (Fsp3) is 0.421. The summed E-state index contributed by atoms with van der Waals surface area (Å²) >= 11 is 0. The molecule has 0 spiro atoms. The maximum atomic E-state index is 12.2. The molecule has 1 aromatic rings. The van der Waals surface area contributed by atoms with Crippen molar-refractivity contribution < 1.29 is 9.53 Å². The number of hydrogen-bond donors (Lipinski definition) is 1. The summed E-state index contributed by atoms with van der Waals surface area (Å²) in [4.78, 5) is 12.2. The zero-order valence-corrected chi connectivity index (χ0v) is 13.2. The van der Waals surface area contributed by atoms with Gasteiger partial charge in [-0.05, 0) is 55.4 Å². The number of fused-ring (bicyclic) bond motifs is 1. The molecule has 0 saturated heterocycles. The number of benzene rings is 1. The van der Waals surface area contributed by atoms with E-state index in [-0.39, 0.29) is 5.91 Å². The van der Waals surface area contributed by atoms with E-state index in [0.29, 0.717) is 6.42 Å². The minimum atomic E-state index is 0.0295. The van der Waals surface area contributed by atoms with Gasteiger partial charge in [-0.1, -0.05) is 30.2 Å². The third-order valence-corrected chi connectivity index (χ3v) is 4.42. The first kappa shape index (κ1) is 14.9. The molecule has 0 radical (unpaired) electrons. The number of anilines is 1. The lowest BCUT2D eigenvalue weighted by atomic mass is 10.0. The Morgan fingerprint density at radius 2 is 1.95 bits per heavy atom. The van der Waals surface area contributed by atoms with Crippen molar-refractivity contribution in [2.75, 3.05) is 12.4 Å². The molecule has 0 unspecified atom stereocenters. The van der Waals surface area contributed by atoms with Gasteiger partial charge in [0.05, 0.1) is 12.8 Å². The van der Waals surface area contributed by atoms with Gasteiger partial charge in [0.15, 0.2) is 0 Å². The van der Waals surface area contributed by atoms with Crippen molar-refractivity contribution in [3.63, 3.8) is 0 Å². The molecule has 2 aliphatic carbocycles. The van der Waals surface area contributed by atoms with E-state index in [1.165, 1.54) is 30.4 Å². The molecule has 0 aromatic heterocycles. The van der Waals surface area contributed by atoms with Crippen LogP contribution in [0.5, 0.6) is 5.75 Å². The molecule has 0 aliphatic heterocycles. The number of ether oxygens (including phenoxy) is 1. The maximum absolute atomic E-state index is 12.2. The number of allylic oxidation sites excluding steroid dienone is 3. The van der Waals surface area contributed by atoms with Gasteiger partial charge in [-0.15, -0.1) is 0 Å². The summed E-state index contributed by atoms with van der Waals surface area (Å²) in [6.07, 6.45) is 13.4. The van der Waals surface area contributed by atoms with Gasteiger partial charge in [0.25, 0.3) is 0 Å². The Morgan fingerprint density at radius 3 is 2.64 bits per heavy atom. The Bertz CT molecular complexity index is 629. The van der Waals surface area contributed by atoms with Crippen molar-refractivity contribution in [1.29, 1.82) is 0 Å². The van der Waals surface area contributed by atoms with Gasteiger partial charge in [-0.25, -0.2) is 0 Å². The highest BCUT2D eigenvalue weighted by Gasteiger charge is 2.15. The van der Waals surface area contributed by atoms with Crippen LogP contribution in [-0.2, 0) is 17.6 Å². The van der Waals surface area contributed by atoms with E-state index < -0.39 is 0 Å². The quantitative estimate of drug-likeness (QED) is 0.847. The second-order valence-electron chi connectivity index (χ2n) is 6.06. The average Bonchev–Trinajstić information content (AvgIpc) is 2.90. The van der Waals surface area contributed by atoms with Crippen LogP contribution in [-0.4, -0.2) is 13.0 Å². The van der Waals surface area contributed by atoms with Crippen molar-refractivity contribution >= 4 is 11.6 Å². The van der Waals surface area contributed by atoms with Gasteiger partial charge in [0, 0.05) is 6.42 Å². The molecule has 3 heteroatoms. The first-order chi connectivity index (χ1) is 10.8. The second kappa shape index (κ2) is 6.82. The van der Waals surface area contributed by atoms with Crippen LogP contribution in [0.4, 0.5) is 5.69 Å². The number of carbonyl (C=O) groups is 1. The van der Waals surface area contributed by atoms with Crippen LogP contribution in [0.15, 0.2) is 35.9 Å². The summed E-state index contributed by atoms with van der Waals surface area (Å²) in [5.74, 6) is 0.800. The Hall–Kier alpha value is -2.03. The van der Waals surface area contributed by atoms with Gasteiger partial charge in [-0.2, -0.15) is 0 Å². The molecular weight excluding hydrogens is 274 g/mol. The molecule has 3 rings (SSSR count). The van der Waals surface area contributed by atoms with E-state index in [1.54, 1.807) is 7.11 Å². The standard InChI is InChI=1S/C19H23NO2/c1-22-18-13-16-10-4-2-3-9-15(16)12-17(18)20-19(21)11-14-7-5-6-8-14/h5-7,12-13H,2-4,8-11H2,1H3,(H,20,21). The molecule has 0 atom stereocenters. The minimum Gasteiger partial charge on any atom is -0.495 e. The van der Waals surface area contributed by atoms with Gasteiger partial charge in [0.2, 0.25) is 5.91 Å². The van der Waals surface area contributed by atoms with Gasteiger partial charge in [-0.3, -0.25) is 4.79 Å². The van der Waals surface area contributed by atoms with E-state index in [9.17, 15) is 4.79 Å². The summed E-state index contributed by atoms with van der Waals surface area (Å²) in [5.41, 5.74) is 4.69. The van der Waals surface area contributed by atoms with Crippen LogP contribution in [0.1, 0.15) is 43.2 Å². The molecule has 3 nitrogen and oxygen atoms in total. The van der Waals surface area contributed by atoms with Crippen LogP contribution >= 0.6 is 0 Å². The fourth-order valence-electron chi connectivity index (χ4n) is 3.23. The predicted octanol–water partition coefficient (Wildman–Crippen LogP) is 4.18. The number of amides is 1. The Balaban J connectivity index is 1.76. The van der Waals surface area contributed by atoms with Crippen molar-refractivity contribution in [2.45, 2.75) is 44.9 Å². The third kappa shape index (κ3) is 3.41. The fourth-order valence-corrected chi connectivity index (χ4v) is 3.23. The van der Waals surface area contributed by atoms with Crippen LogP contribution in [0, 0.1) is 0 Å². The highest BCUT2D eigenvalue weighted by molar-refractivity contribution is 5.94. The molecule has 1 aromatic carbocycles. The average molecular weight is 297 g/mol. The number of rotatable bonds is 4. The smallest absolute Gasteiger partial charge is 0.228 e. The van der Waals surface area contributed by atoms with Crippen LogP contribution in [0.2, 0.25) is 0 Å². The summed E-state index contributed by atoms with van der Waals surface area (Å²) in [7, 11) is 1.66. The summed E-state index contributed by atoms with van der Waals surface area (Å²) in [5, 5.41) is 3.03. The van der Waals surface area contributed by atoms with Crippen molar-refractivity contribution in [3.05, 3.63) is 47.1 Å². The van der Waals surface area contributed by atoms with Crippen LogP contribution in [0.25, 0.3) is 0 Å².